The molecule has 0 spiro atoms. The van der Waals surface area contributed by atoms with Crippen molar-refractivity contribution in [2.24, 2.45) is 0 Å². The summed E-state index contributed by atoms with van der Waals surface area (Å²) < 4.78 is 5.03. The van der Waals surface area contributed by atoms with E-state index in [-0.39, 0.29) is 5.91 Å². The number of carbonyl (C=O) groups excluding carboxylic acids is 1. The second kappa shape index (κ2) is 9.37. The number of amides is 1. The van der Waals surface area contributed by atoms with Crippen molar-refractivity contribution in [1.82, 2.24) is 9.88 Å². The first-order chi connectivity index (χ1) is 13.2. The Hall–Kier alpha value is -2.60. The number of rotatable bonds is 7. The molecular formula is C21H28N4O2. The fraction of sp³-hybridized carbons (Fsp3) is 0.429. The van der Waals surface area contributed by atoms with E-state index in [4.69, 9.17) is 4.74 Å². The van der Waals surface area contributed by atoms with Gasteiger partial charge in [-0.15, -0.1) is 0 Å². The summed E-state index contributed by atoms with van der Waals surface area (Å²) in [4.78, 5) is 21.3. The lowest BCUT2D eigenvalue weighted by Crippen LogP contribution is -2.49. The number of aryl methyl sites for hydroxylation is 1. The van der Waals surface area contributed by atoms with Gasteiger partial charge < -0.3 is 19.9 Å². The lowest BCUT2D eigenvalue weighted by molar-refractivity contribution is 0.0741. The minimum Gasteiger partial charge on any atom is -0.385 e. The quantitative estimate of drug-likeness (QED) is 0.762. The average Bonchev–Trinajstić information content (AvgIpc) is 2.71. The highest BCUT2D eigenvalue weighted by Gasteiger charge is 2.23. The van der Waals surface area contributed by atoms with Gasteiger partial charge in [-0.2, -0.15) is 0 Å². The number of ether oxygens (including phenoxy) is 1. The van der Waals surface area contributed by atoms with Gasteiger partial charge in [0.2, 0.25) is 0 Å². The zero-order chi connectivity index (χ0) is 19.1. The minimum atomic E-state index is 0.00447. The highest BCUT2D eigenvalue weighted by Crippen LogP contribution is 2.18. The Morgan fingerprint density at radius 2 is 2.00 bits per heavy atom. The van der Waals surface area contributed by atoms with Crippen molar-refractivity contribution in [1.29, 1.82) is 0 Å². The fourth-order valence-corrected chi connectivity index (χ4v) is 3.23. The normalized spacial score (nSPS) is 14.3. The van der Waals surface area contributed by atoms with Crippen molar-refractivity contribution in [3.8, 4) is 0 Å². The maximum atomic E-state index is 12.7. The maximum absolute atomic E-state index is 12.7. The number of hydrogen-bond acceptors (Lipinski definition) is 5. The summed E-state index contributed by atoms with van der Waals surface area (Å²) in [5, 5.41) is 3.28. The van der Waals surface area contributed by atoms with Crippen LogP contribution in [-0.4, -0.2) is 62.2 Å². The number of piperazine rings is 1. The van der Waals surface area contributed by atoms with E-state index >= 15 is 0 Å². The molecule has 3 rings (SSSR count). The maximum Gasteiger partial charge on any atom is 0.272 e. The second-order valence-electron chi connectivity index (χ2n) is 6.82. The van der Waals surface area contributed by atoms with Crippen LogP contribution < -0.4 is 10.2 Å². The van der Waals surface area contributed by atoms with Crippen LogP contribution in [0, 0.1) is 6.92 Å². The van der Waals surface area contributed by atoms with Gasteiger partial charge in [0.25, 0.3) is 5.91 Å². The third-order valence-electron chi connectivity index (χ3n) is 4.77. The summed E-state index contributed by atoms with van der Waals surface area (Å²) in [5.74, 6) is 0.00447. The molecule has 1 N–H and O–H groups in total. The Morgan fingerprint density at radius 3 is 2.67 bits per heavy atom. The van der Waals surface area contributed by atoms with Gasteiger partial charge in [-0.3, -0.25) is 4.79 Å². The predicted octanol–water partition coefficient (Wildman–Crippen LogP) is 2.80. The highest BCUT2D eigenvalue weighted by molar-refractivity contribution is 5.92. The van der Waals surface area contributed by atoms with Crippen molar-refractivity contribution in [3.05, 3.63) is 53.9 Å². The van der Waals surface area contributed by atoms with Crippen LogP contribution in [0.1, 0.15) is 22.5 Å². The number of aromatic nitrogens is 1. The molecule has 1 aliphatic rings. The lowest BCUT2D eigenvalue weighted by atomic mass is 10.2. The van der Waals surface area contributed by atoms with Gasteiger partial charge in [-0.25, -0.2) is 4.98 Å². The molecule has 6 nitrogen and oxygen atoms in total. The number of pyridine rings is 1. The van der Waals surface area contributed by atoms with E-state index < -0.39 is 0 Å². The van der Waals surface area contributed by atoms with Gasteiger partial charge >= 0.3 is 0 Å². The van der Waals surface area contributed by atoms with Crippen molar-refractivity contribution < 1.29 is 9.53 Å². The van der Waals surface area contributed by atoms with E-state index in [1.165, 1.54) is 11.3 Å². The van der Waals surface area contributed by atoms with Crippen LogP contribution in [0.4, 0.5) is 11.4 Å². The molecular weight excluding hydrogens is 340 g/mol. The van der Waals surface area contributed by atoms with E-state index in [1.54, 1.807) is 19.4 Å². The SMILES string of the molecule is COCCCNc1ccc(C(=O)N2CCN(c3cccc(C)c3)CC2)nc1. The van der Waals surface area contributed by atoms with Crippen LogP contribution in [0.5, 0.6) is 0 Å². The molecule has 1 aromatic carbocycles. The summed E-state index contributed by atoms with van der Waals surface area (Å²) in [7, 11) is 1.70. The molecule has 1 amide bonds. The monoisotopic (exact) mass is 368 g/mol. The number of carbonyl (C=O) groups is 1. The number of nitrogens with one attached hydrogen (secondary N) is 1. The second-order valence-corrected chi connectivity index (χ2v) is 6.82. The molecule has 2 heterocycles. The minimum absolute atomic E-state index is 0.00447. The summed E-state index contributed by atoms with van der Waals surface area (Å²) >= 11 is 0. The Labute approximate surface area is 161 Å². The van der Waals surface area contributed by atoms with Gasteiger partial charge in [0.15, 0.2) is 0 Å². The van der Waals surface area contributed by atoms with Crippen LogP contribution in [0.15, 0.2) is 42.6 Å². The molecule has 27 heavy (non-hydrogen) atoms. The molecule has 1 aromatic heterocycles. The van der Waals surface area contributed by atoms with Crippen molar-refractivity contribution in [2.75, 3.05) is 56.7 Å². The first-order valence-corrected chi connectivity index (χ1v) is 9.47. The van der Waals surface area contributed by atoms with Crippen LogP contribution in [0.25, 0.3) is 0 Å². The summed E-state index contributed by atoms with van der Waals surface area (Å²) in [6.45, 7) is 6.76. The number of nitrogens with zero attached hydrogens (tertiary/aromatic N) is 3. The van der Waals surface area contributed by atoms with Crippen LogP contribution in [0.2, 0.25) is 0 Å². The molecule has 0 saturated carbocycles. The molecule has 1 saturated heterocycles. The van der Waals surface area contributed by atoms with Crippen LogP contribution in [-0.2, 0) is 4.74 Å². The van der Waals surface area contributed by atoms with Crippen molar-refractivity contribution >= 4 is 17.3 Å². The van der Waals surface area contributed by atoms with Crippen LogP contribution in [0.3, 0.4) is 0 Å². The molecule has 1 aliphatic heterocycles. The standard InChI is InChI=1S/C21H28N4O2/c1-17-5-3-6-19(15-17)24-10-12-25(13-11-24)21(26)20-8-7-18(16-23-20)22-9-4-14-27-2/h3,5-8,15-16,22H,4,9-14H2,1-2H3. The number of anilines is 2. The third kappa shape index (κ3) is 5.20. The van der Waals surface area contributed by atoms with Crippen LogP contribution >= 0.6 is 0 Å². The largest absolute Gasteiger partial charge is 0.385 e. The first-order valence-electron chi connectivity index (χ1n) is 9.47. The lowest BCUT2D eigenvalue weighted by Gasteiger charge is -2.36. The molecule has 6 heteroatoms. The molecule has 0 bridgehead atoms. The van der Waals surface area contributed by atoms with Crippen molar-refractivity contribution in [3.63, 3.8) is 0 Å². The number of benzene rings is 1. The van der Waals surface area contributed by atoms with Gasteiger partial charge in [-0.05, 0) is 43.2 Å². The third-order valence-corrected chi connectivity index (χ3v) is 4.77. The summed E-state index contributed by atoms with van der Waals surface area (Å²) in [6.07, 6.45) is 2.66. The fourth-order valence-electron chi connectivity index (χ4n) is 3.23. The van der Waals surface area contributed by atoms with E-state index in [2.05, 4.69) is 46.4 Å². The van der Waals surface area contributed by atoms with E-state index in [0.717, 1.165) is 38.3 Å². The molecule has 0 atom stereocenters. The average molecular weight is 368 g/mol. The molecule has 0 aliphatic carbocycles. The highest BCUT2D eigenvalue weighted by atomic mass is 16.5. The van der Waals surface area contributed by atoms with Gasteiger partial charge in [0.1, 0.15) is 5.69 Å². The van der Waals surface area contributed by atoms with E-state index in [9.17, 15) is 4.79 Å². The van der Waals surface area contributed by atoms with Gasteiger partial charge in [0, 0.05) is 52.1 Å². The Bertz CT molecular complexity index is 740. The Kier molecular flexibility index (Phi) is 6.65. The zero-order valence-corrected chi connectivity index (χ0v) is 16.1. The molecule has 0 radical (unpaired) electrons. The molecule has 1 fully saturated rings. The smallest absolute Gasteiger partial charge is 0.272 e. The Morgan fingerprint density at radius 1 is 1.19 bits per heavy atom. The van der Waals surface area contributed by atoms with Crippen molar-refractivity contribution in [2.45, 2.75) is 13.3 Å². The summed E-state index contributed by atoms with van der Waals surface area (Å²) in [5.41, 5.74) is 3.91. The summed E-state index contributed by atoms with van der Waals surface area (Å²) in [6, 6.07) is 12.2. The molecule has 0 unspecified atom stereocenters. The topological polar surface area (TPSA) is 57.7 Å². The number of hydrogen-bond donors (Lipinski definition) is 1. The Balaban J connectivity index is 1.51. The van der Waals surface area contributed by atoms with E-state index in [0.29, 0.717) is 18.8 Å². The number of methoxy groups -OCH3 is 1. The van der Waals surface area contributed by atoms with Gasteiger partial charge in [-0.1, -0.05) is 12.1 Å². The van der Waals surface area contributed by atoms with Gasteiger partial charge in [0.05, 0.1) is 11.9 Å². The zero-order valence-electron chi connectivity index (χ0n) is 16.1. The molecule has 2 aromatic rings. The molecule has 144 valence electrons. The first kappa shape index (κ1) is 19.2. The predicted molar refractivity (Wildman–Crippen MR) is 109 cm³/mol. The van der Waals surface area contributed by atoms with E-state index in [1.807, 2.05) is 11.0 Å².